The van der Waals surface area contributed by atoms with E-state index >= 15 is 0 Å². The molecule has 1 heterocycles. The van der Waals surface area contributed by atoms with Gasteiger partial charge in [-0.15, -0.1) is 0 Å². The van der Waals surface area contributed by atoms with E-state index in [0.717, 1.165) is 0 Å². The fourth-order valence-electron chi connectivity index (χ4n) is 1.04. The van der Waals surface area contributed by atoms with E-state index in [-0.39, 0.29) is 5.76 Å². The highest BCUT2D eigenvalue weighted by atomic mass is 16.4. The summed E-state index contributed by atoms with van der Waals surface area (Å²) in [5.41, 5.74) is -0.522. The summed E-state index contributed by atoms with van der Waals surface area (Å²) in [5, 5.41) is 18.6. The van der Waals surface area contributed by atoms with Gasteiger partial charge in [0.1, 0.15) is 11.9 Å². The van der Waals surface area contributed by atoms with Crippen molar-refractivity contribution in [2.45, 2.75) is 26.4 Å². The summed E-state index contributed by atoms with van der Waals surface area (Å²) in [6.07, 6.45) is -0.535. The average Bonchev–Trinajstić information content (AvgIpc) is 2.10. The van der Waals surface area contributed by atoms with Crippen LogP contribution in [0.3, 0.4) is 0 Å². The van der Waals surface area contributed by atoms with E-state index in [1.54, 1.807) is 13.8 Å². The molecule has 0 aliphatic carbocycles. The first-order valence-corrected chi connectivity index (χ1v) is 4.08. The number of hydrogen-bond donors (Lipinski definition) is 2. The first kappa shape index (κ1) is 9.80. The number of aliphatic hydroxyl groups is 1. The van der Waals surface area contributed by atoms with Gasteiger partial charge in [-0.25, -0.2) is 0 Å². The lowest BCUT2D eigenvalue weighted by Crippen LogP contribution is -2.06. The molecule has 0 saturated carbocycles. The second kappa shape index (κ2) is 3.62. The highest BCUT2D eigenvalue weighted by Gasteiger charge is 2.16. The van der Waals surface area contributed by atoms with Crippen molar-refractivity contribution in [3.05, 3.63) is 27.8 Å². The molecule has 1 atom stereocenters. The second-order valence-corrected chi connectivity index (χ2v) is 2.86. The van der Waals surface area contributed by atoms with Gasteiger partial charge in [-0.1, -0.05) is 6.92 Å². The Morgan fingerprint density at radius 1 is 1.62 bits per heavy atom. The van der Waals surface area contributed by atoms with E-state index in [1.807, 2.05) is 0 Å². The first-order chi connectivity index (χ1) is 6.06. The molecule has 0 amide bonds. The van der Waals surface area contributed by atoms with Crippen LogP contribution >= 0.6 is 0 Å². The van der Waals surface area contributed by atoms with Crippen LogP contribution in [0.5, 0.6) is 5.75 Å². The minimum Gasteiger partial charge on any atom is -0.502 e. The van der Waals surface area contributed by atoms with Gasteiger partial charge in [-0.2, -0.15) is 0 Å². The van der Waals surface area contributed by atoms with Crippen LogP contribution in [0.15, 0.2) is 15.3 Å². The molecule has 0 spiro atoms. The molecule has 0 aliphatic heterocycles. The predicted octanol–water partition coefficient (Wildman–Crippen LogP) is 1.10. The van der Waals surface area contributed by atoms with Gasteiger partial charge >= 0.3 is 0 Å². The highest BCUT2D eigenvalue weighted by Crippen LogP contribution is 2.23. The van der Waals surface area contributed by atoms with Crippen molar-refractivity contribution in [3.63, 3.8) is 0 Å². The van der Waals surface area contributed by atoms with Gasteiger partial charge in [0.25, 0.3) is 0 Å². The Kier molecular flexibility index (Phi) is 2.72. The normalized spacial score (nSPS) is 12.8. The van der Waals surface area contributed by atoms with E-state index < -0.39 is 17.3 Å². The summed E-state index contributed by atoms with van der Waals surface area (Å²) < 4.78 is 5.04. The molecule has 4 heteroatoms. The molecule has 0 fully saturated rings. The molecule has 72 valence electrons. The maximum absolute atomic E-state index is 11.1. The molecule has 13 heavy (non-hydrogen) atoms. The van der Waals surface area contributed by atoms with Crippen LogP contribution in [0.4, 0.5) is 0 Å². The molecule has 0 aliphatic rings. The van der Waals surface area contributed by atoms with Crippen molar-refractivity contribution >= 4 is 0 Å². The van der Waals surface area contributed by atoms with Gasteiger partial charge < -0.3 is 14.6 Å². The Hall–Kier alpha value is -1.29. The molecular formula is C9H12O4. The SMILES string of the molecule is CC[C@H](O)c1oc(C)cc(=O)c1O. The number of rotatable bonds is 2. The van der Waals surface area contributed by atoms with Crippen LogP contribution in [0.2, 0.25) is 0 Å². The smallest absolute Gasteiger partial charge is 0.227 e. The summed E-state index contributed by atoms with van der Waals surface area (Å²) in [5.74, 6) is -0.169. The van der Waals surface area contributed by atoms with Gasteiger partial charge in [0.2, 0.25) is 11.2 Å². The topological polar surface area (TPSA) is 70.7 Å². The molecule has 1 aromatic heterocycles. The summed E-state index contributed by atoms with van der Waals surface area (Å²) >= 11 is 0. The van der Waals surface area contributed by atoms with E-state index in [1.165, 1.54) is 6.07 Å². The highest BCUT2D eigenvalue weighted by molar-refractivity contribution is 5.26. The monoisotopic (exact) mass is 184 g/mol. The zero-order chi connectivity index (χ0) is 10.0. The van der Waals surface area contributed by atoms with Gasteiger partial charge in [-0.05, 0) is 13.3 Å². The molecule has 0 bridgehead atoms. The van der Waals surface area contributed by atoms with E-state index in [9.17, 15) is 15.0 Å². The van der Waals surface area contributed by atoms with Gasteiger partial charge in [0.05, 0.1) is 0 Å². The molecule has 0 radical (unpaired) electrons. The Bertz CT molecular complexity index is 353. The largest absolute Gasteiger partial charge is 0.502 e. The third-order valence-electron chi connectivity index (χ3n) is 1.76. The molecule has 1 rings (SSSR count). The predicted molar refractivity (Wildman–Crippen MR) is 46.6 cm³/mol. The van der Waals surface area contributed by atoms with E-state index in [0.29, 0.717) is 12.2 Å². The van der Waals surface area contributed by atoms with Gasteiger partial charge in [-0.3, -0.25) is 4.79 Å². The van der Waals surface area contributed by atoms with Gasteiger partial charge in [0.15, 0.2) is 5.76 Å². The molecule has 1 aromatic rings. The van der Waals surface area contributed by atoms with Crippen LogP contribution in [0.25, 0.3) is 0 Å². The second-order valence-electron chi connectivity index (χ2n) is 2.86. The third-order valence-corrected chi connectivity index (χ3v) is 1.76. The summed E-state index contributed by atoms with van der Waals surface area (Å²) in [6.45, 7) is 3.32. The molecular weight excluding hydrogens is 172 g/mol. The lowest BCUT2D eigenvalue weighted by molar-refractivity contribution is 0.135. The molecule has 4 nitrogen and oxygen atoms in total. The van der Waals surface area contributed by atoms with Gasteiger partial charge in [0, 0.05) is 6.07 Å². The lowest BCUT2D eigenvalue weighted by atomic mass is 10.2. The Balaban J connectivity index is 3.28. The average molecular weight is 184 g/mol. The Labute approximate surface area is 75.4 Å². The minimum absolute atomic E-state index is 0.0486. The third kappa shape index (κ3) is 1.89. The van der Waals surface area contributed by atoms with Crippen molar-refractivity contribution in [2.24, 2.45) is 0 Å². The standard InChI is InChI=1S/C9H12O4/c1-3-6(10)9-8(12)7(11)4-5(2)13-9/h4,6,10,12H,3H2,1-2H3/t6-/m0/s1. The Morgan fingerprint density at radius 2 is 2.23 bits per heavy atom. The molecule has 0 unspecified atom stereocenters. The van der Waals surface area contributed by atoms with Crippen LogP contribution < -0.4 is 5.43 Å². The zero-order valence-electron chi connectivity index (χ0n) is 7.57. The Morgan fingerprint density at radius 3 is 2.77 bits per heavy atom. The maximum atomic E-state index is 11.1. The number of aryl methyl sites for hydroxylation is 1. The minimum atomic E-state index is -0.924. The van der Waals surface area contributed by atoms with Crippen molar-refractivity contribution in [1.29, 1.82) is 0 Å². The number of hydrogen-bond acceptors (Lipinski definition) is 4. The van der Waals surface area contributed by atoms with Crippen LogP contribution in [-0.4, -0.2) is 10.2 Å². The molecule has 2 N–H and O–H groups in total. The van der Waals surface area contributed by atoms with E-state index in [2.05, 4.69) is 0 Å². The van der Waals surface area contributed by atoms with Crippen LogP contribution in [-0.2, 0) is 0 Å². The molecule has 0 saturated heterocycles. The zero-order valence-corrected chi connectivity index (χ0v) is 7.57. The first-order valence-electron chi connectivity index (χ1n) is 4.08. The number of aromatic hydroxyl groups is 1. The summed E-state index contributed by atoms with van der Waals surface area (Å²) in [7, 11) is 0. The van der Waals surface area contributed by atoms with Crippen molar-refractivity contribution in [2.75, 3.05) is 0 Å². The lowest BCUT2D eigenvalue weighted by Gasteiger charge is -2.08. The van der Waals surface area contributed by atoms with Crippen molar-refractivity contribution in [1.82, 2.24) is 0 Å². The van der Waals surface area contributed by atoms with Crippen LogP contribution in [0.1, 0.15) is 31.0 Å². The maximum Gasteiger partial charge on any atom is 0.227 e. The quantitative estimate of drug-likeness (QED) is 0.721. The fourth-order valence-corrected chi connectivity index (χ4v) is 1.04. The summed E-state index contributed by atoms with van der Waals surface area (Å²) in [4.78, 5) is 11.1. The van der Waals surface area contributed by atoms with Crippen molar-refractivity contribution in [3.8, 4) is 5.75 Å². The molecule has 0 aromatic carbocycles. The summed E-state index contributed by atoms with van der Waals surface area (Å²) in [6, 6.07) is 1.18. The van der Waals surface area contributed by atoms with Crippen LogP contribution in [0, 0.1) is 6.92 Å². The number of aliphatic hydroxyl groups excluding tert-OH is 1. The van der Waals surface area contributed by atoms with Crippen molar-refractivity contribution < 1.29 is 14.6 Å². The fraction of sp³-hybridized carbons (Fsp3) is 0.444. The van der Waals surface area contributed by atoms with E-state index in [4.69, 9.17) is 4.42 Å².